The number of aryl methyl sites for hydroxylation is 1. The quantitative estimate of drug-likeness (QED) is 0.870. The average molecular weight is 323 g/mol. The van der Waals surface area contributed by atoms with Crippen molar-refractivity contribution in [3.05, 3.63) is 42.4 Å². The maximum absolute atomic E-state index is 12.1. The van der Waals surface area contributed by atoms with Crippen LogP contribution in [0.1, 0.15) is 19.4 Å². The molecular formula is C14H17N3O4S. The highest BCUT2D eigenvalue weighted by molar-refractivity contribution is 7.92. The Morgan fingerprint density at radius 3 is 2.32 bits per heavy atom. The molecular weight excluding hydrogens is 306 g/mol. The fourth-order valence-electron chi connectivity index (χ4n) is 1.81. The van der Waals surface area contributed by atoms with Crippen molar-refractivity contribution in [3.8, 4) is 0 Å². The molecule has 0 bridgehead atoms. The minimum absolute atomic E-state index is 0.0788. The van der Waals surface area contributed by atoms with Crippen molar-refractivity contribution < 1.29 is 18.3 Å². The zero-order valence-electron chi connectivity index (χ0n) is 12.4. The van der Waals surface area contributed by atoms with Crippen LogP contribution in [0.4, 0.5) is 5.69 Å². The molecule has 1 heterocycles. The number of rotatable bonds is 5. The topological polar surface area (TPSA) is 101 Å². The third-order valence-corrected chi connectivity index (χ3v) is 4.62. The summed E-state index contributed by atoms with van der Waals surface area (Å²) in [6, 6.07) is 6.23. The first kappa shape index (κ1) is 16.0. The number of carbonyl (C=O) groups is 1. The Morgan fingerprint density at radius 1 is 1.27 bits per heavy atom. The molecule has 2 rings (SSSR count). The monoisotopic (exact) mass is 323 g/mol. The zero-order valence-corrected chi connectivity index (χ0v) is 13.3. The smallest absolute Gasteiger partial charge is 0.313 e. The van der Waals surface area contributed by atoms with E-state index in [9.17, 15) is 18.3 Å². The molecule has 1 aromatic heterocycles. The van der Waals surface area contributed by atoms with Gasteiger partial charge in [0.05, 0.1) is 11.7 Å². The van der Waals surface area contributed by atoms with Gasteiger partial charge >= 0.3 is 5.97 Å². The van der Waals surface area contributed by atoms with Gasteiger partial charge in [0.2, 0.25) is 0 Å². The minimum Gasteiger partial charge on any atom is -0.481 e. The van der Waals surface area contributed by atoms with Gasteiger partial charge in [-0.3, -0.25) is 9.52 Å². The number of imidazole rings is 1. The molecule has 8 heteroatoms. The second-order valence-electron chi connectivity index (χ2n) is 5.49. The molecule has 0 aliphatic rings. The summed E-state index contributed by atoms with van der Waals surface area (Å²) in [6.07, 6.45) is 2.79. The molecule has 0 fully saturated rings. The largest absolute Gasteiger partial charge is 0.481 e. The summed E-state index contributed by atoms with van der Waals surface area (Å²) >= 11 is 0. The fraction of sp³-hybridized carbons (Fsp3) is 0.286. The second kappa shape index (κ2) is 5.45. The molecule has 0 spiro atoms. The number of benzene rings is 1. The van der Waals surface area contributed by atoms with Gasteiger partial charge in [-0.15, -0.1) is 0 Å². The van der Waals surface area contributed by atoms with Gasteiger partial charge in [-0.1, -0.05) is 12.1 Å². The van der Waals surface area contributed by atoms with Gasteiger partial charge in [-0.25, -0.2) is 4.98 Å². The van der Waals surface area contributed by atoms with E-state index in [4.69, 9.17) is 0 Å². The van der Waals surface area contributed by atoms with Crippen LogP contribution in [0.25, 0.3) is 0 Å². The molecule has 0 saturated heterocycles. The number of anilines is 1. The number of aliphatic carboxylic acids is 1. The van der Waals surface area contributed by atoms with Crippen LogP contribution >= 0.6 is 0 Å². The molecule has 2 aromatic rings. The Bertz CT molecular complexity index is 792. The summed E-state index contributed by atoms with van der Waals surface area (Å²) in [5, 5.41) is 9.10. The Labute approximate surface area is 128 Å². The van der Waals surface area contributed by atoms with Gasteiger partial charge in [-0.2, -0.15) is 8.42 Å². The number of carboxylic acid groups (broad SMARTS) is 1. The third kappa shape index (κ3) is 3.11. The Hall–Kier alpha value is -2.35. The highest BCUT2D eigenvalue weighted by Gasteiger charge is 2.29. The third-order valence-electron chi connectivity index (χ3n) is 3.35. The summed E-state index contributed by atoms with van der Waals surface area (Å²) in [4.78, 5) is 15.0. The molecule has 1 aromatic carbocycles. The SMILES string of the molecule is Cn1cnc(S(=O)(=O)Nc2ccc(C(C)(C)C(=O)O)cc2)c1. The maximum atomic E-state index is 12.1. The van der Waals surface area contributed by atoms with E-state index in [1.165, 1.54) is 29.2 Å². The first-order valence-corrected chi connectivity index (χ1v) is 7.96. The van der Waals surface area contributed by atoms with Crippen LogP contribution in [-0.2, 0) is 27.3 Å². The molecule has 7 nitrogen and oxygen atoms in total. The highest BCUT2D eigenvalue weighted by Crippen LogP contribution is 2.25. The molecule has 0 aliphatic heterocycles. The van der Waals surface area contributed by atoms with Crippen LogP contribution in [0.5, 0.6) is 0 Å². The van der Waals surface area contributed by atoms with Gasteiger partial charge < -0.3 is 9.67 Å². The standard InChI is InChI=1S/C14H17N3O4S/c1-14(2,13(18)19)10-4-6-11(7-5-10)16-22(20,21)12-8-17(3)9-15-12/h4-9,16H,1-3H3,(H,18,19). The number of nitrogens with zero attached hydrogens (tertiary/aromatic N) is 2. The number of hydrogen-bond acceptors (Lipinski definition) is 4. The number of hydrogen-bond donors (Lipinski definition) is 2. The fourth-order valence-corrected chi connectivity index (χ4v) is 2.86. The molecule has 2 N–H and O–H groups in total. The first-order valence-electron chi connectivity index (χ1n) is 6.47. The van der Waals surface area contributed by atoms with E-state index in [2.05, 4.69) is 9.71 Å². The van der Waals surface area contributed by atoms with E-state index in [-0.39, 0.29) is 5.03 Å². The Morgan fingerprint density at radius 2 is 1.86 bits per heavy atom. The zero-order chi connectivity index (χ0) is 16.5. The lowest BCUT2D eigenvalue weighted by Crippen LogP contribution is -2.28. The van der Waals surface area contributed by atoms with E-state index < -0.39 is 21.4 Å². The highest BCUT2D eigenvalue weighted by atomic mass is 32.2. The van der Waals surface area contributed by atoms with Gasteiger partial charge in [0.15, 0.2) is 5.03 Å². The molecule has 0 saturated carbocycles. The lowest BCUT2D eigenvalue weighted by molar-refractivity contribution is -0.142. The summed E-state index contributed by atoms with van der Waals surface area (Å²) in [5.74, 6) is -0.950. The lowest BCUT2D eigenvalue weighted by atomic mass is 9.85. The van der Waals surface area contributed by atoms with Crippen LogP contribution in [-0.4, -0.2) is 29.0 Å². The predicted molar refractivity (Wildman–Crippen MR) is 81.1 cm³/mol. The minimum atomic E-state index is -3.76. The molecule has 0 radical (unpaired) electrons. The second-order valence-corrected chi connectivity index (χ2v) is 7.12. The van der Waals surface area contributed by atoms with Crippen LogP contribution in [0.2, 0.25) is 0 Å². The van der Waals surface area contributed by atoms with E-state index in [0.717, 1.165) is 0 Å². The molecule has 0 atom stereocenters. The molecule has 0 unspecified atom stereocenters. The predicted octanol–water partition coefficient (Wildman–Crippen LogP) is 1.58. The van der Waals surface area contributed by atoms with E-state index in [0.29, 0.717) is 11.3 Å². The van der Waals surface area contributed by atoms with Crippen molar-refractivity contribution in [2.24, 2.45) is 7.05 Å². The van der Waals surface area contributed by atoms with E-state index >= 15 is 0 Å². The summed E-state index contributed by atoms with van der Waals surface area (Å²) in [6.45, 7) is 3.17. The molecule has 118 valence electrons. The van der Waals surface area contributed by atoms with E-state index in [1.807, 2.05) is 0 Å². The average Bonchev–Trinajstić information content (AvgIpc) is 2.86. The van der Waals surface area contributed by atoms with Crippen molar-refractivity contribution >= 4 is 21.7 Å². The number of nitrogens with one attached hydrogen (secondary N) is 1. The van der Waals surface area contributed by atoms with Gasteiger partial charge in [0, 0.05) is 18.9 Å². The Kier molecular flexibility index (Phi) is 3.97. The lowest BCUT2D eigenvalue weighted by Gasteiger charge is -2.19. The normalized spacial score (nSPS) is 12.1. The summed E-state index contributed by atoms with van der Waals surface area (Å²) < 4.78 is 28.2. The van der Waals surface area contributed by atoms with Crippen molar-refractivity contribution in [1.82, 2.24) is 9.55 Å². The van der Waals surface area contributed by atoms with Gasteiger partial charge in [0.1, 0.15) is 0 Å². The maximum Gasteiger partial charge on any atom is 0.313 e. The Balaban J connectivity index is 2.24. The number of carboxylic acids is 1. The molecule has 0 aliphatic carbocycles. The summed E-state index contributed by atoms with van der Waals surface area (Å²) in [7, 11) is -2.08. The first-order chi connectivity index (χ1) is 10.1. The van der Waals surface area contributed by atoms with Crippen molar-refractivity contribution in [2.75, 3.05) is 4.72 Å². The number of aromatic nitrogens is 2. The van der Waals surface area contributed by atoms with Crippen molar-refractivity contribution in [2.45, 2.75) is 24.3 Å². The van der Waals surface area contributed by atoms with Crippen LogP contribution < -0.4 is 4.72 Å². The van der Waals surface area contributed by atoms with Crippen LogP contribution in [0, 0.1) is 0 Å². The van der Waals surface area contributed by atoms with Crippen molar-refractivity contribution in [3.63, 3.8) is 0 Å². The van der Waals surface area contributed by atoms with Crippen LogP contribution in [0.15, 0.2) is 41.8 Å². The molecule has 22 heavy (non-hydrogen) atoms. The van der Waals surface area contributed by atoms with Crippen molar-refractivity contribution in [1.29, 1.82) is 0 Å². The van der Waals surface area contributed by atoms with E-state index in [1.54, 1.807) is 33.0 Å². The summed E-state index contributed by atoms with van der Waals surface area (Å²) in [5.41, 5.74) is -0.116. The van der Waals surface area contributed by atoms with Gasteiger partial charge in [-0.05, 0) is 31.5 Å². The number of sulfonamides is 1. The van der Waals surface area contributed by atoms with Crippen LogP contribution in [0.3, 0.4) is 0 Å². The van der Waals surface area contributed by atoms with Gasteiger partial charge in [0.25, 0.3) is 10.0 Å². The molecule has 0 amide bonds.